The summed E-state index contributed by atoms with van der Waals surface area (Å²) in [6, 6.07) is 13.6. The van der Waals surface area contributed by atoms with Crippen molar-refractivity contribution < 1.29 is 23.3 Å². The third-order valence-corrected chi connectivity index (χ3v) is 6.72. The minimum absolute atomic E-state index is 0.00132. The molecule has 7 nitrogen and oxygen atoms in total. The fourth-order valence-electron chi connectivity index (χ4n) is 4.83. The van der Waals surface area contributed by atoms with Gasteiger partial charge in [0.05, 0.1) is 25.9 Å². The Morgan fingerprint density at radius 1 is 1.00 bits per heavy atom. The molecule has 0 radical (unpaired) electrons. The fourth-order valence-corrected chi connectivity index (χ4v) is 4.83. The summed E-state index contributed by atoms with van der Waals surface area (Å²) < 4.78 is 37.5. The van der Waals surface area contributed by atoms with Gasteiger partial charge in [-0.3, -0.25) is 4.90 Å². The average molecular weight is 480 g/mol. The van der Waals surface area contributed by atoms with Crippen LogP contribution in [0, 0.1) is 19.7 Å². The highest BCUT2D eigenvalue weighted by atomic mass is 19.1. The summed E-state index contributed by atoms with van der Waals surface area (Å²) in [7, 11) is 1.68. The zero-order chi connectivity index (χ0) is 24.4. The predicted octanol–water partition coefficient (Wildman–Crippen LogP) is 4.84. The minimum atomic E-state index is -0.428. The lowest BCUT2D eigenvalue weighted by Gasteiger charge is -2.48. The molecule has 3 atom stereocenters. The Morgan fingerprint density at radius 2 is 1.71 bits per heavy atom. The number of hydrogen-bond acceptors (Lipinski definition) is 7. The maximum atomic E-state index is 14.3. The van der Waals surface area contributed by atoms with Crippen LogP contribution in [0.25, 0.3) is 0 Å². The second kappa shape index (κ2) is 10.2. The van der Waals surface area contributed by atoms with Gasteiger partial charge in [-0.05, 0) is 49.2 Å². The number of ether oxygens (including phenoxy) is 4. The average Bonchev–Trinajstić information content (AvgIpc) is 2.84. The molecule has 3 aromatic rings. The second-order valence-corrected chi connectivity index (χ2v) is 9.22. The van der Waals surface area contributed by atoms with Crippen LogP contribution in [0.1, 0.15) is 29.5 Å². The van der Waals surface area contributed by atoms with Crippen LogP contribution >= 0.6 is 0 Å². The van der Waals surface area contributed by atoms with Crippen molar-refractivity contribution in [2.75, 3.05) is 20.3 Å². The number of rotatable bonds is 7. The van der Waals surface area contributed by atoms with Gasteiger partial charge in [-0.25, -0.2) is 14.4 Å². The Kier molecular flexibility index (Phi) is 6.83. The van der Waals surface area contributed by atoms with E-state index in [0.717, 1.165) is 30.7 Å². The van der Waals surface area contributed by atoms with Gasteiger partial charge in [-0.2, -0.15) is 0 Å². The summed E-state index contributed by atoms with van der Waals surface area (Å²) in [6.45, 7) is 5.88. The van der Waals surface area contributed by atoms with E-state index in [-0.39, 0.29) is 23.9 Å². The maximum absolute atomic E-state index is 14.3. The van der Waals surface area contributed by atoms with Gasteiger partial charge in [-0.15, -0.1) is 0 Å². The van der Waals surface area contributed by atoms with Gasteiger partial charge in [0.15, 0.2) is 11.6 Å². The van der Waals surface area contributed by atoms with Gasteiger partial charge in [0, 0.05) is 31.5 Å². The van der Waals surface area contributed by atoms with Crippen LogP contribution in [0.4, 0.5) is 4.39 Å². The molecular weight excluding hydrogens is 449 g/mol. The first-order chi connectivity index (χ1) is 17.0. The van der Waals surface area contributed by atoms with Crippen molar-refractivity contribution in [1.29, 1.82) is 0 Å². The second-order valence-electron chi connectivity index (χ2n) is 9.22. The van der Waals surface area contributed by atoms with Crippen molar-refractivity contribution in [3.8, 4) is 23.3 Å². The maximum Gasteiger partial charge on any atom is 0.229 e. The summed E-state index contributed by atoms with van der Waals surface area (Å²) in [5.41, 5.74) is 2.72. The molecule has 35 heavy (non-hydrogen) atoms. The van der Waals surface area contributed by atoms with Crippen molar-refractivity contribution >= 4 is 0 Å². The Hall–Kier alpha value is -3.23. The molecule has 2 bridgehead atoms. The number of hydrogen-bond donors (Lipinski definition) is 0. The molecular formula is C27H30FN3O4. The van der Waals surface area contributed by atoms with E-state index in [4.69, 9.17) is 18.9 Å². The van der Waals surface area contributed by atoms with E-state index < -0.39 is 5.82 Å². The topological polar surface area (TPSA) is 65.9 Å². The van der Waals surface area contributed by atoms with E-state index in [2.05, 4.69) is 27.0 Å². The molecule has 8 heteroatoms. The van der Waals surface area contributed by atoms with E-state index in [9.17, 15) is 4.39 Å². The van der Waals surface area contributed by atoms with Crippen LogP contribution in [0.2, 0.25) is 0 Å². The van der Waals surface area contributed by atoms with Crippen LogP contribution in [0.3, 0.4) is 0 Å². The first-order valence-electron chi connectivity index (χ1n) is 11.9. The highest BCUT2D eigenvalue weighted by Crippen LogP contribution is 2.34. The van der Waals surface area contributed by atoms with Gasteiger partial charge >= 0.3 is 0 Å². The van der Waals surface area contributed by atoms with E-state index in [0.29, 0.717) is 30.5 Å². The van der Waals surface area contributed by atoms with Crippen LogP contribution in [-0.4, -0.2) is 53.4 Å². The lowest BCUT2D eigenvalue weighted by atomic mass is 9.91. The Labute approximate surface area is 204 Å². The van der Waals surface area contributed by atoms with E-state index >= 15 is 0 Å². The van der Waals surface area contributed by atoms with Crippen LogP contribution in [-0.2, 0) is 11.3 Å². The van der Waals surface area contributed by atoms with Gasteiger partial charge in [0.25, 0.3) is 0 Å². The lowest BCUT2D eigenvalue weighted by molar-refractivity contribution is -0.104. The molecule has 3 heterocycles. The molecule has 0 aliphatic carbocycles. The van der Waals surface area contributed by atoms with E-state index in [1.54, 1.807) is 19.2 Å². The number of fused-ring (bicyclic) bond motifs is 2. The highest BCUT2D eigenvalue weighted by Gasteiger charge is 2.40. The standard InChI is InChI=1S/C27H30FN3O4/c1-17-4-9-25(24(28)10-17)35-27-18(2)26(29-16-30-27)34-23-11-20-14-33-15-21(12-23)31(20)13-19-5-7-22(32-3)8-6-19/h4-10,16,20-21,23H,11-15H2,1-3H3/t20-,21?,23?/m1/s1. The monoisotopic (exact) mass is 479 g/mol. The third-order valence-electron chi connectivity index (χ3n) is 6.72. The van der Waals surface area contributed by atoms with Crippen molar-refractivity contribution in [3.05, 3.63) is 71.3 Å². The molecule has 0 amide bonds. The van der Waals surface area contributed by atoms with Crippen molar-refractivity contribution in [3.63, 3.8) is 0 Å². The molecule has 1 aromatic heterocycles. The highest BCUT2D eigenvalue weighted by molar-refractivity contribution is 5.38. The number of morpholine rings is 1. The molecule has 2 aromatic carbocycles. The smallest absolute Gasteiger partial charge is 0.229 e. The van der Waals surface area contributed by atoms with Crippen molar-refractivity contribution in [1.82, 2.24) is 14.9 Å². The first-order valence-corrected chi connectivity index (χ1v) is 11.9. The van der Waals surface area contributed by atoms with Crippen LogP contribution < -0.4 is 14.2 Å². The Bertz CT molecular complexity index is 1160. The Morgan fingerprint density at radius 3 is 2.40 bits per heavy atom. The van der Waals surface area contributed by atoms with Crippen molar-refractivity contribution in [2.24, 2.45) is 0 Å². The molecule has 2 saturated heterocycles. The van der Waals surface area contributed by atoms with Crippen molar-refractivity contribution in [2.45, 2.75) is 51.4 Å². The SMILES string of the molecule is COc1ccc(CN2C3COC[C@H]2CC(Oc2ncnc(Oc4ccc(C)cc4F)c2C)C3)cc1. The molecule has 2 unspecified atom stereocenters. The van der Waals surface area contributed by atoms with E-state index in [1.165, 1.54) is 18.0 Å². The van der Waals surface area contributed by atoms with Crippen LogP contribution in [0.15, 0.2) is 48.8 Å². The zero-order valence-electron chi connectivity index (χ0n) is 20.2. The number of aryl methyl sites for hydroxylation is 1. The molecule has 2 aliphatic rings. The van der Waals surface area contributed by atoms with Crippen LogP contribution in [0.5, 0.6) is 23.3 Å². The first kappa shape index (κ1) is 23.5. The molecule has 5 rings (SSSR count). The molecule has 0 N–H and O–H groups in total. The molecule has 2 fully saturated rings. The number of methoxy groups -OCH3 is 1. The largest absolute Gasteiger partial charge is 0.497 e. The molecule has 0 saturated carbocycles. The van der Waals surface area contributed by atoms with Gasteiger partial charge < -0.3 is 18.9 Å². The van der Waals surface area contributed by atoms with E-state index in [1.807, 2.05) is 26.0 Å². The lowest BCUT2D eigenvalue weighted by Crippen LogP contribution is -2.58. The quantitative estimate of drug-likeness (QED) is 0.480. The van der Waals surface area contributed by atoms with Gasteiger partial charge in [-0.1, -0.05) is 18.2 Å². The van der Waals surface area contributed by atoms with Gasteiger partial charge in [0.1, 0.15) is 18.2 Å². The molecule has 184 valence electrons. The fraction of sp³-hybridized carbons (Fsp3) is 0.407. The number of nitrogens with zero attached hydrogens (tertiary/aromatic N) is 3. The third kappa shape index (κ3) is 5.23. The normalized spacial score (nSPS) is 22.0. The summed E-state index contributed by atoms with van der Waals surface area (Å²) in [4.78, 5) is 11.1. The molecule has 0 spiro atoms. The summed E-state index contributed by atoms with van der Waals surface area (Å²) in [6.07, 6.45) is 3.06. The number of piperidine rings is 1. The number of benzene rings is 2. The summed E-state index contributed by atoms with van der Waals surface area (Å²) in [5, 5.41) is 0. The number of aromatic nitrogens is 2. The minimum Gasteiger partial charge on any atom is -0.497 e. The summed E-state index contributed by atoms with van der Waals surface area (Å²) in [5.74, 6) is 1.32. The van der Waals surface area contributed by atoms with Gasteiger partial charge in [0.2, 0.25) is 11.8 Å². The predicted molar refractivity (Wildman–Crippen MR) is 129 cm³/mol. The molecule has 2 aliphatic heterocycles. The zero-order valence-corrected chi connectivity index (χ0v) is 20.2. The summed E-state index contributed by atoms with van der Waals surface area (Å²) >= 11 is 0. The Balaban J connectivity index is 1.27. The number of halogens is 1.